The molecule has 0 fully saturated rings. The molecular weight excluding hydrogens is 154 g/mol. The Morgan fingerprint density at radius 3 is 3.17 bits per heavy atom. The Morgan fingerprint density at radius 2 is 2.42 bits per heavy atom. The first kappa shape index (κ1) is 7.03. The van der Waals surface area contributed by atoms with E-state index in [1.54, 1.807) is 12.1 Å². The molecule has 0 saturated carbocycles. The summed E-state index contributed by atoms with van der Waals surface area (Å²) < 4.78 is 4.99. The van der Waals surface area contributed by atoms with Crippen molar-refractivity contribution in [2.24, 2.45) is 0 Å². The summed E-state index contributed by atoms with van der Waals surface area (Å²) in [5.41, 5.74) is 0.906. The molecule has 12 heavy (non-hydrogen) atoms. The summed E-state index contributed by atoms with van der Waals surface area (Å²) in [6, 6.07) is 3.38. The van der Waals surface area contributed by atoms with Gasteiger partial charge in [0.1, 0.15) is 0 Å². The van der Waals surface area contributed by atoms with Gasteiger partial charge in [0.05, 0.1) is 6.26 Å². The first-order valence-electron chi connectivity index (χ1n) is 3.40. The zero-order valence-electron chi connectivity index (χ0n) is 6.15. The monoisotopic (exact) mass is 159 g/mol. The normalized spacial score (nSPS) is 10.4. The van der Waals surface area contributed by atoms with Crippen LogP contribution in [0.25, 0.3) is 11.1 Å². The van der Waals surface area contributed by atoms with Gasteiger partial charge in [-0.3, -0.25) is 4.79 Å². The first-order chi connectivity index (χ1) is 5.77. The van der Waals surface area contributed by atoms with Gasteiger partial charge in [0.2, 0.25) is 5.71 Å². The van der Waals surface area contributed by atoms with E-state index in [0.29, 0.717) is 11.3 Å². The maximum absolute atomic E-state index is 10.7. The number of hydrogen-bond acceptors (Lipinski definition) is 3. The van der Waals surface area contributed by atoms with E-state index in [0.717, 1.165) is 5.39 Å². The van der Waals surface area contributed by atoms with Crippen LogP contribution in [0.1, 0.15) is 10.4 Å². The van der Waals surface area contributed by atoms with Crippen LogP contribution in [0.3, 0.4) is 0 Å². The molecular formula is C9H5NO2. The molecule has 0 aliphatic heterocycles. The fourth-order valence-electron chi connectivity index (χ4n) is 0.994. The molecule has 2 aromatic rings. The highest BCUT2D eigenvalue weighted by atomic mass is 16.3. The Morgan fingerprint density at radius 1 is 1.58 bits per heavy atom. The number of hydrogen-bond donors (Lipinski definition) is 0. The topological polar surface area (TPSA) is 43.1 Å². The highest BCUT2D eigenvalue weighted by molar-refractivity contribution is 6.01. The largest absolute Gasteiger partial charge is 0.446 e. The Balaban J connectivity index is 2.68. The van der Waals surface area contributed by atoms with E-state index in [1.807, 2.05) is 0 Å². The number of ketones is 1. The van der Waals surface area contributed by atoms with Gasteiger partial charge in [-0.05, 0) is 12.1 Å². The van der Waals surface area contributed by atoms with Gasteiger partial charge in [-0.15, -0.1) is 0 Å². The minimum Gasteiger partial charge on any atom is -0.446 e. The number of nitrogens with zero attached hydrogens (tertiary/aromatic N) is 1. The summed E-state index contributed by atoms with van der Waals surface area (Å²) >= 11 is 0. The highest BCUT2D eigenvalue weighted by Crippen LogP contribution is 2.13. The second kappa shape index (κ2) is 2.44. The van der Waals surface area contributed by atoms with E-state index in [4.69, 9.17) is 11.3 Å². The van der Waals surface area contributed by atoms with Crippen molar-refractivity contribution < 1.29 is 9.21 Å². The van der Waals surface area contributed by atoms with Crippen LogP contribution < -0.4 is 0 Å². The highest BCUT2D eigenvalue weighted by Gasteiger charge is 2.03. The van der Waals surface area contributed by atoms with Crippen LogP contribution in [-0.4, -0.2) is 10.8 Å². The van der Waals surface area contributed by atoms with Gasteiger partial charge < -0.3 is 4.42 Å². The Labute approximate surface area is 69.0 Å². The van der Waals surface area contributed by atoms with Crippen LogP contribution in [0, 0.1) is 6.92 Å². The zero-order valence-corrected chi connectivity index (χ0v) is 6.15. The fraction of sp³-hybridized carbons (Fsp3) is 0. The third-order valence-electron chi connectivity index (χ3n) is 1.59. The minimum absolute atomic E-state index is 0.393. The summed E-state index contributed by atoms with van der Waals surface area (Å²) in [5, 5.41) is 0.784. The van der Waals surface area contributed by atoms with Gasteiger partial charge in [0.25, 0.3) is 0 Å². The Kier molecular flexibility index (Phi) is 1.43. The molecule has 2 aromatic heterocycles. The number of furan rings is 1. The first-order valence-corrected chi connectivity index (χ1v) is 3.40. The number of rotatable bonds is 1. The molecule has 2 radical (unpaired) electrons. The predicted molar refractivity (Wildman–Crippen MR) is 42.6 cm³/mol. The zero-order chi connectivity index (χ0) is 8.55. The lowest BCUT2D eigenvalue weighted by Crippen LogP contribution is -1.92. The summed E-state index contributed by atoms with van der Waals surface area (Å²) in [5.74, 6) is -0.481. The molecule has 0 bridgehead atoms. The molecule has 0 N–H and O–H groups in total. The molecule has 3 heteroatoms. The second-order valence-electron chi connectivity index (χ2n) is 2.40. The molecule has 0 aliphatic rings. The molecule has 0 spiro atoms. The van der Waals surface area contributed by atoms with Gasteiger partial charge in [0, 0.05) is 24.1 Å². The number of pyridine rings is 1. The van der Waals surface area contributed by atoms with Crippen LogP contribution in [0.4, 0.5) is 0 Å². The van der Waals surface area contributed by atoms with E-state index >= 15 is 0 Å². The average molecular weight is 159 g/mol. The van der Waals surface area contributed by atoms with Crippen molar-refractivity contribution in [2.75, 3.05) is 0 Å². The van der Waals surface area contributed by atoms with Crippen molar-refractivity contribution in [3.05, 3.63) is 37.1 Å². The molecule has 0 aromatic carbocycles. The van der Waals surface area contributed by atoms with Gasteiger partial charge >= 0.3 is 0 Å². The third kappa shape index (κ3) is 0.993. The second-order valence-corrected chi connectivity index (χ2v) is 2.40. The van der Waals surface area contributed by atoms with Gasteiger partial charge in [0.15, 0.2) is 5.78 Å². The minimum atomic E-state index is -0.481. The maximum Gasteiger partial charge on any atom is 0.225 e. The lowest BCUT2D eigenvalue weighted by molar-refractivity contribution is 0.104. The third-order valence-corrected chi connectivity index (χ3v) is 1.59. The molecule has 2 rings (SSSR count). The summed E-state index contributed by atoms with van der Waals surface area (Å²) in [6.07, 6.45) is 2.91. The van der Waals surface area contributed by atoms with E-state index in [1.165, 1.54) is 12.5 Å². The van der Waals surface area contributed by atoms with E-state index < -0.39 is 5.78 Å². The van der Waals surface area contributed by atoms with Crippen molar-refractivity contribution in [3.8, 4) is 0 Å². The van der Waals surface area contributed by atoms with Crippen molar-refractivity contribution in [2.45, 2.75) is 0 Å². The van der Waals surface area contributed by atoms with Crippen LogP contribution in [0.2, 0.25) is 0 Å². The summed E-state index contributed by atoms with van der Waals surface area (Å²) in [6.45, 7) is 5.06. The molecule has 3 nitrogen and oxygen atoms in total. The van der Waals surface area contributed by atoms with Gasteiger partial charge in [-0.1, -0.05) is 0 Å². The molecule has 58 valence electrons. The molecule has 0 amide bonds. The van der Waals surface area contributed by atoms with Crippen LogP contribution in [-0.2, 0) is 0 Å². The van der Waals surface area contributed by atoms with E-state index in [9.17, 15) is 4.79 Å². The number of fused-ring (bicyclic) bond motifs is 1. The number of Topliss-reactive ketones (excluding diaryl/α,β-unsaturated/α-hetero) is 1. The molecule has 0 atom stereocenters. The summed E-state index contributed by atoms with van der Waals surface area (Å²) in [7, 11) is 0. The SMILES string of the molecule is [CH]C(=O)c1cnc2occc2c1. The summed E-state index contributed by atoms with van der Waals surface area (Å²) in [4.78, 5) is 14.6. The lowest BCUT2D eigenvalue weighted by Gasteiger charge is -1.92. The maximum atomic E-state index is 10.7. The standard InChI is InChI=1S/C9H5NO2/c1-6(11)8-4-7-2-3-12-9(7)10-5-8/h1-5H. The smallest absolute Gasteiger partial charge is 0.225 e. The van der Waals surface area contributed by atoms with Crippen LogP contribution in [0.5, 0.6) is 0 Å². The van der Waals surface area contributed by atoms with Crippen molar-refractivity contribution in [1.82, 2.24) is 4.98 Å². The van der Waals surface area contributed by atoms with Crippen LogP contribution in [0.15, 0.2) is 29.0 Å². The molecule has 0 aliphatic carbocycles. The van der Waals surface area contributed by atoms with Crippen LogP contribution >= 0.6 is 0 Å². The predicted octanol–water partition coefficient (Wildman–Crippen LogP) is 1.72. The Hall–Kier alpha value is -1.64. The lowest BCUT2D eigenvalue weighted by atomic mass is 10.2. The Bertz CT molecular complexity index is 431. The molecule has 0 saturated heterocycles. The van der Waals surface area contributed by atoms with E-state index in [-0.39, 0.29) is 0 Å². The number of carbonyl (C=O) groups excluding carboxylic acids is 1. The fourth-order valence-corrected chi connectivity index (χ4v) is 0.994. The molecule has 2 heterocycles. The van der Waals surface area contributed by atoms with Gasteiger partial charge in [-0.25, -0.2) is 4.98 Å². The quantitative estimate of drug-likeness (QED) is 0.595. The van der Waals surface area contributed by atoms with E-state index in [2.05, 4.69) is 4.98 Å². The van der Waals surface area contributed by atoms with Crippen molar-refractivity contribution in [3.63, 3.8) is 0 Å². The number of aromatic nitrogens is 1. The molecule has 0 unspecified atom stereocenters. The van der Waals surface area contributed by atoms with Gasteiger partial charge in [-0.2, -0.15) is 0 Å². The van der Waals surface area contributed by atoms with Crippen molar-refractivity contribution in [1.29, 1.82) is 0 Å². The average Bonchev–Trinajstić information content (AvgIpc) is 2.49. The van der Waals surface area contributed by atoms with Crippen molar-refractivity contribution >= 4 is 16.9 Å². The number of carbonyl (C=O) groups is 1.